The van der Waals surface area contributed by atoms with Crippen molar-refractivity contribution in [3.05, 3.63) is 101 Å². The first kappa shape index (κ1) is 28.1. The van der Waals surface area contributed by atoms with Gasteiger partial charge in [-0.05, 0) is 43.3 Å². The van der Waals surface area contributed by atoms with Crippen LogP contribution in [-0.4, -0.2) is 12.7 Å². The molecule has 0 heterocycles. The molecular weight excluding hydrogens is 524 g/mol. The second kappa shape index (κ2) is 13.0. The standard InChI is InChI=1S/C23H20Cl2NO2P.ClHO4/c1-2-28-23(27)26-22(21(24)25)29(18-12-6-3-7-13-18,19-14-8-4-9-15-19)20-16-10-5-11-17-20;2-1(3,4)5/h3-17H,2H2,1H3;(H,2,3,4,5). The highest BCUT2D eigenvalue weighted by atomic mass is 35.7. The summed E-state index contributed by atoms with van der Waals surface area (Å²) in [4.78, 5) is 12.4. The molecule has 0 aliphatic rings. The van der Waals surface area contributed by atoms with Crippen molar-refractivity contribution in [1.82, 2.24) is 5.32 Å². The molecule has 0 spiro atoms. The number of carbonyl (C=O) groups excluding carboxylic acids is 1. The Labute approximate surface area is 210 Å². The van der Waals surface area contributed by atoms with E-state index in [0.717, 1.165) is 15.9 Å². The smallest absolute Gasteiger partial charge is 0.414 e. The average molecular weight is 545 g/mol. The number of alkyl carbamates (subject to hydrolysis) is 1. The summed E-state index contributed by atoms with van der Waals surface area (Å²) in [7, 11) is -7.54. The van der Waals surface area contributed by atoms with Gasteiger partial charge in [0.1, 0.15) is 15.9 Å². The zero-order chi connectivity index (χ0) is 25.2. The van der Waals surface area contributed by atoms with E-state index in [1.54, 1.807) is 6.92 Å². The molecular formula is C23H21Cl3NO6P. The Hall–Kier alpha value is -2.19. The summed E-state index contributed by atoms with van der Waals surface area (Å²) < 4.78 is 39.1. The molecule has 180 valence electrons. The van der Waals surface area contributed by atoms with Gasteiger partial charge in [0.2, 0.25) is 5.44 Å². The molecule has 3 aromatic carbocycles. The Morgan fingerprint density at radius 1 is 0.794 bits per heavy atom. The summed E-state index contributed by atoms with van der Waals surface area (Å²) in [6.07, 6.45) is -0.589. The molecule has 0 aliphatic carbocycles. The van der Waals surface area contributed by atoms with Crippen LogP contribution >= 0.6 is 30.5 Å². The maximum absolute atomic E-state index is 12.4. The van der Waals surface area contributed by atoms with E-state index >= 15 is 0 Å². The van der Waals surface area contributed by atoms with Crippen LogP contribution in [0.2, 0.25) is 0 Å². The molecule has 0 radical (unpaired) electrons. The highest BCUT2D eigenvalue weighted by Gasteiger charge is 2.52. The van der Waals surface area contributed by atoms with Gasteiger partial charge >= 0.3 is 6.09 Å². The van der Waals surface area contributed by atoms with Gasteiger partial charge in [0.25, 0.3) is 0 Å². The normalized spacial score (nSPS) is 11.0. The van der Waals surface area contributed by atoms with Gasteiger partial charge in [0.05, 0.1) is 6.61 Å². The Balaban J connectivity index is 0.000000739. The second-order valence-corrected chi connectivity index (χ2v) is 11.6. The monoisotopic (exact) mass is 543 g/mol. The van der Waals surface area contributed by atoms with E-state index in [2.05, 4.69) is 5.32 Å². The lowest BCUT2D eigenvalue weighted by Gasteiger charge is -2.29. The van der Waals surface area contributed by atoms with Crippen LogP contribution in [0.25, 0.3) is 0 Å². The molecule has 0 aromatic heterocycles. The predicted molar refractivity (Wildman–Crippen MR) is 124 cm³/mol. The summed E-state index contributed by atoms with van der Waals surface area (Å²) in [6, 6.07) is 29.9. The van der Waals surface area contributed by atoms with Crippen molar-refractivity contribution < 1.29 is 38.4 Å². The molecule has 0 aliphatic heterocycles. The Morgan fingerprint density at radius 2 is 1.12 bits per heavy atom. The summed E-state index contributed by atoms with van der Waals surface area (Å²) >= 11 is 12.8. The van der Waals surface area contributed by atoms with Crippen LogP contribution in [0, 0.1) is 10.2 Å². The topological polar surface area (TPSA) is 131 Å². The number of hydrogen-bond donors (Lipinski definition) is 1. The summed E-state index contributed by atoms with van der Waals surface area (Å²) in [5.74, 6) is 0. The van der Waals surface area contributed by atoms with Gasteiger partial charge in [-0.3, -0.25) is 5.32 Å². The van der Waals surface area contributed by atoms with Gasteiger partial charge in [0, 0.05) is 0 Å². The third kappa shape index (κ3) is 7.67. The number of benzene rings is 3. The van der Waals surface area contributed by atoms with E-state index in [0.29, 0.717) is 5.44 Å². The van der Waals surface area contributed by atoms with Gasteiger partial charge in [-0.25, -0.2) is 23.4 Å². The Bertz CT molecular complexity index is 973. The number of halogens is 3. The van der Waals surface area contributed by atoms with Crippen LogP contribution < -0.4 is 39.9 Å². The molecule has 1 amide bonds. The van der Waals surface area contributed by atoms with Crippen LogP contribution in [0.1, 0.15) is 6.92 Å². The number of rotatable bonds is 6. The maximum atomic E-state index is 12.4. The molecule has 0 unspecified atom stereocenters. The molecule has 34 heavy (non-hydrogen) atoms. The molecule has 0 atom stereocenters. The molecule has 0 fully saturated rings. The minimum Gasteiger partial charge on any atom is -0.450 e. The van der Waals surface area contributed by atoms with Crippen molar-refractivity contribution in [3.8, 4) is 0 Å². The molecule has 11 heteroatoms. The van der Waals surface area contributed by atoms with Crippen LogP contribution in [0.5, 0.6) is 0 Å². The summed E-state index contributed by atoms with van der Waals surface area (Å²) in [5.41, 5.74) is 0.447. The number of nitrogens with one attached hydrogen (secondary N) is 1. The first-order chi connectivity index (χ1) is 16.1. The molecule has 0 bridgehead atoms. The molecule has 0 saturated carbocycles. The van der Waals surface area contributed by atoms with E-state index < -0.39 is 23.6 Å². The fourth-order valence-corrected chi connectivity index (χ4v) is 8.21. The van der Waals surface area contributed by atoms with Crippen molar-refractivity contribution >= 4 is 52.5 Å². The van der Waals surface area contributed by atoms with E-state index in [1.807, 2.05) is 91.0 Å². The van der Waals surface area contributed by atoms with Crippen LogP contribution in [0.3, 0.4) is 0 Å². The maximum Gasteiger partial charge on any atom is 0.414 e. The number of hydrogen-bond acceptors (Lipinski definition) is 6. The predicted octanol–water partition coefficient (Wildman–Crippen LogP) is 0.575. The molecule has 3 aromatic rings. The highest BCUT2D eigenvalue weighted by molar-refractivity contribution is 7.99. The molecule has 3 rings (SSSR count). The minimum absolute atomic E-state index is 0.00273. The van der Waals surface area contributed by atoms with Crippen molar-refractivity contribution in [1.29, 1.82) is 0 Å². The quantitative estimate of drug-likeness (QED) is 0.452. The van der Waals surface area contributed by atoms with Gasteiger partial charge in [-0.2, -0.15) is 0 Å². The number of ether oxygens (including phenoxy) is 1. The van der Waals surface area contributed by atoms with E-state index in [1.165, 1.54) is 0 Å². The van der Waals surface area contributed by atoms with Gasteiger partial charge in [-0.15, -0.1) is 10.2 Å². The second-order valence-electron chi connectivity index (χ2n) is 6.51. The van der Waals surface area contributed by atoms with Crippen LogP contribution in [0.4, 0.5) is 4.79 Å². The third-order valence-electron chi connectivity index (χ3n) is 4.44. The van der Waals surface area contributed by atoms with Crippen molar-refractivity contribution in [3.63, 3.8) is 0 Å². The third-order valence-corrected chi connectivity index (χ3v) is 9.31. The average Bonchev–Trinajstić information content (AvgIpc) is 2.80. The van der Waals surface area contributed by atoms with Crippen LogP contribution in [-0.2, 0) is 4.74 Å². The SMILES string of the molecule is CCOC(=O)NC(=C(Cl)Cl)[P+](c1ccccc1)(c1ccccc1)c1ccccc1.[O-][Cl+3]([O-])([O-])[O-]. The first-order valence-corrected chi connectivity index (χ1v) is 13.6. The lowest BCUT2D eigenvalue weighted by atomic mass is 10.4. The minimum atomic E-state index is -4.94. The van der Waals surface area contributed by atoms with Crippen LogP contribution in [0.15, 0.2) is 101 Å². The fourth-order valence-electron chi connectivity index (χ4n) is 3.31. The number of amides is 1. The Morgan fingerprint density at radius 3 is 1.38 bits per heavy atom. The summed E-state index contributed by atoms with van der Waals surface area (Å²) in [5, 5.41) is 5.91. The van der Waals surface area contributed by atoms with Crippen molar-refractivity contribution in [2.45, 2.75) is 6.92 Å². The first-order valence-electron chi connectivity index (χ1n) is 9.78. The van der Waals surface area contributed by atoms with Gasteiger partial charge < -0.3 is 4.74 Å². The zero-order valence-corrected chi connectivity index (χ0v) is 21.1. The lowest BCUT2D eigenvalue weighted by Crippen LogP contribution is -2.68. The highest BCUT2D eigenvalue weighted by Crippen LogP contribution is 2.62. The van der Waals surface area contributed by atoms with Crippen molar-refractivity contribution in [2.24, 2.45) is 0 Å². The Kier molecular flexibility index (Phi) is 10.8. The van der Waals surface area contributed by atoms with Crippen molar-refractivity contribution in [2.75, 3.05) is 6.61 Å². The fraction of sp³-hybridized carbons (Fsp3) is 0.0870. The summed E-state index contributed by atoms with van der Waals surface area (Å²) in [6.45, 7) is 1.99. The van der Waals surface area contributed by atoms with Gasteiger partial charge in [-0.1, -0.05) is 77.8 Å². The largest absolute Gasteiger partial charge is 0.450 e. The van der Waals surface area contributed by atoms with E-state index in [4.69, 9.17) is 46.6 Å². The van der Waals surface area contributed by atoms with E-state index in [-0.39, 0.29) is 11.1 Å². The molecule has 1 N–H and O–H groups in total. The van der Waals surface area contributed by atoms with Gasteiger partial charge in [0.15, 0.2) is 11.8 Å². The zero-order valence-electron chi connectivity index (χ0n) is 17.9. The van der Waals surface area contributed by atoms with E-state index in [9.17, 15) is 4.79 Å². The molecule has 7 nitrogen and oxygen atoms in total. The number of carbonyl (C=O) groups is 1. The lowest BCUT2D eigenvalue weighted by molar-refractivity contribution is -2.00. The molecule has 0 saturated heterocycles.